The Bertz CT molecular complexity index is 1030. The first-order valence-corrected chi connectivity index (χ1v) is 9.31. The minimum Gasteiger partial charge on any atom is -0.366 e. The van der Waals surface area contributed by atoms with Crippen LogP contribution < -0.4 is 11.1 Å². The number of nitrogens with zero attached hydrogens (tertiary/aromatic N) is 2. The smallest absolute Gasteiger partial charge is 0.126 e. The number of hydrogen-bond donors (Lipinski definition) is 2. The van der Waals surface area contributed by atoms with Gasteiger partial charge in [0.1, 0.15) is 5.82 Å². The van der Waals surface area contributed by atoms with E-state index in [0.717, 1.165) is 40.3 Å². The fourth-order valence-electron chi connectivity index (χ4n) is 3.10. The lowest BCUT2D eigenvalue weighted by Crippen LogP contribution is -2.03. The molecule has 2 aromatic carbocycles. The van der Waals surface area contributed by atoms with Crippen LogP contribution in [0.25, 0.3) is 22.4 Å². The average Bonchev–Trinajstić information content (AvgIpc) is 2.79. The molecule has 138 valence electrons. The second kappa shape index (κ2) is 8.46. The van der Waals surface area contributed by atoms with Crippen LogP contribution >= 0.6 is 0 Å². The van der Waals surface area contributed by atoms with E-state index in [9.17, 15) is 0 Å². The highest BCUT2D eigenvalue weighted by Crippen LogP contribution is 2.24. The molecule has 0 bridgehead atoms. The number of nitrogens with two attached hydrogens (primary N) is 1. The molecule has 2 heterocycles. The van der Waals surface area contributed by atoms with Crippen LogP contribution in [0.3, 0.4) is 0 Å². The number of benzene rings is 2. The average molecular weight is 366 g/mol. The maximum absolute atomic E-state index is 5.70. The number of anilines is 1. The summed E-state index contributed by atoms with van der Waals surface area (Å²) in [5.41, 5.74) is 12.3. The van der Waals surface area contributed by atoms with E-state index in [1.54, 1.807) is 0 Å². The third-order valence-electron chi connectivity index (χ3n) is 4.64. The number of aromatic nitrogens is 2. The van der Waals surface area contributed by atoms with Crippen LogP contribution in [0.2, 0.25) is 0 Å². The van der Waals surface area contributed by atoms with Crippen LogP contribution in [0.4, 0.5) is 5.82 Å². The van der Waals surface area contributed by atoms with Crippen molar-refractivity contribution in [1.82, 2.24) is 9.97 Å². The molecule has 0 unspecified atom stereocenters. The lowest BCUT2D eigenvalue weighted by molar-refractivity contribution is 1.04. The van der Waals surface area contributed by atoms with Gasteiger partial charge in [-0.05, 0) is 41.0 Å². The third-order valence-corrected chi connectivity index (χ3v) is 4.64. The monoisotopic (exact) mass is 366 g/mol. The van der Waals surface area contributed by atoms with Crippen LogP contribution in [0.5, 0.6) is 0 Å². The molecule has 3 N–H and O–H groups in total. The topological polar surface area (TPSA) is 63.8 Å². The summed E-state index contributed by atoms with van der Waals surface area (Å²) in [6.07, 6.45) is 3.71. The Balaban J connectivity index is 1.43. The predicted molar refractivity (Wildman–Crippen MR) is 115 cm³/mol. The second-order valence-corrected chi connectivity index (χ2v) is 6.60. The maximum Gasteiger partial charge on any atom is 0.126 e. The number of rotatable bonds is 6. The van der Waals surface area contributed by atoms with Gasteiger partial charge in [-0.25, -0.2) is 4.98 Å². The molecule has 4 nitrogen and oxygen atoms in total. The van der Waals surface area contributed by atoms with E-state index in [2.05, 4.69) is 57.7 Å². The van der Waals surface area contributed by atoms with E-state index >= 15 is 0 Å². The molecule has 0 amide bonds. The van der Waals surface area contributed by atoms with E-state index in [-0.39, 0.29) is 0 Å². The molecule has 4 aromatic rings. The summed E-state index contributed by atoms with van der Waals surface area (Å²) < 4.78 is 0. The summed E-state index contributed by atoms with van der Waals surface area (Å²) in [6.45, 7) is 1.28. The fourth-order valence-corrected chi connectivity index (χ4v) is 3.10. The molecular formula is C24H22N4. The molecule has 28 heavy (non-hydrogen) atoms. The number of hydrogen-bond acceptors (Lipinski definition) is 4. The van der Waals surface area contributed by atoms with Crippen molar-refractivity contribution >= 4 is 5.82 Å². The molecular weight excluding hydrogens is 344 g/mol. The normalized spacial score (nSPS) is 10.6. The number of nitrogens with one attached hydrogen (secondary N) is 1. The molecule has 0 spiro atoms. The second-order valence-electron chi connectivity index (χ2n) is 6.60. The van der Waals surface area contributed by atoms with E-state index in [1.807, 2.05) is 48.8 Å². The summed E-state index contributed by atoms with van der Waals surface area (Å²) >= 11 is 0. The Morgan fingerprint density at radius 1 is 0.714 bits per heavy atom. The third kappa shape index (κ3) is 4.24. The highest BCUT2D eigenvalue weighted by molar-refractivity contribution is 5.68. The predicted octanol–water partition coefficient (Wildman–Crippen LogP) is 4.88. The molecule has 0 atom stereocenters. The highest BCUT2D eigenvalue weighted by atomic mass is 15.0. The maximum atomic E-state index is 5.70. The molecule has 0 aliphatic rings. The zero-order valence-electron chi connectivity index (χ0n) is 15.5. The van der Waals surface area contributed by atoms with Crippen LogP contribution in [0.15, 0.2) is 91.3 Å². The Hall–Kier alpha value is -3.50. The lowest BCUT2D eigenvalue weighted by atomic mass is 10.0. The van der Waals surface area contributed by atoms with E-state index in [0.29, 0.717) is 6.54 Å². The fraction of sp³-hybridized carbons (Fsp3) is 0.0833. The summed E-state index contributed by atoms with van der Waals surface area (Å²) in [7, 11) is 0. The molecule has 0 aliphatic heterocycles. The van der Waals surface area contributed by atoms with E-state index in [1.165, 1.54) is 5.56 Å². The molecule has 0 fully saturated rings. The van der Waals surface area contributed by atoms with Crippen molar-refractivity contribution in [2.75, 3.05) is 5.32 Å². The van der Waals surface area contributed by atoms with Gasteiger partial charge in [-0.3, -0.25) is 4.98 Å². The quantitative estimate of drug-likeness (QED) is 0.510. The molecule has 4 heteroatoms. The molecule has 0 radical (unpaired) electrons. The van der Waals surface area contributed by atoms with Crippen molar-refractivity contribution in [3.05, 3.63) is 102 Å². The van der Waals surface area contributed by atoms with Gasteiger partial charge in [-0.15, -0.1) is 0 Å². The summed E-state index contributed by atoms with van der Waals surface area (Å²) in [5, 5.41) is 3.36. The van der Waals surface area contributed by atoms with Crippen molar-refractivity contribution in [1.29, 1.82) is 0 Å². The van der Waals surface area contributed by atoms with Crippen LogP contribution in [0, 0.1) is 0 Å². The van der Waals surface area contributed by atoms with E-state index < -0.39 is 0 Å². The summed E-state index contributed by atoms with van der Waals surface area (Å²) in [6, 6.07) is 26.7. The zero-order chi connectivity index (χ0) is 19.2. The Kier molecular flexibility index (Phi) is 5.41. The van der Waals surface area contributed by atoms with Gasteiger partial charge in [0.25, 0.3) is 0 Å². The van der Waals surface area contributed by atoms with Crippen molar-refractivity contribution in [3.63, 3.8) is 0 Å². The molecule has 0 saturated carbocycles. The first kappa shape index (κ1) is 17.9. The Morgan fingerprint density at radius 2 is 1.50 bits per heavy atom. The van der Waals surface area contributed by atoms with Gasteiger partial charge >= 0.3 is 0 Å². The van der Waals surface area contributed by atoms with Crippen molar-refractivity contribution in [3.8, 4) is 22.4 Å². The molecule has 0 saturated heterocycles. The van der Waals surface area contributed by atoms with Gasteiger partial charge in [0.15, 0.2) is 0 Å². The first-order valence-electron chi connectivity index (χ1n) is 9.31. The van der Waals surface area contributed by atoms with Crippen molar-refractivity contribution in [2.24, 2.45) is 5.73 Å². The van der Waals surface area contributed by atoms with Gasteiger partial charge in [0.05, 0.1) is 5.69 Å². The van der Waals surface area contributed by atoms with Crippen LogP contribution in [-0.4, -0.2) is 9.97 Å². The van der Waals surface area contributed by atoms with Crippen LogP contribution in [-0.2, 0) is 13.1 Å². The van der Waals surface area contributed by atoms with Crippen molar-refractivity contribution in [2.45, 2.75) is 13.1 Å². The summed E-state index contributed by atoms with van der Waals surface area (Å²) in [4.78, 5) is 8.94. The SMILES string of the molecule is NCc1cccc(CNc2ccc(-c3ccc(-c4ccccn4)cc3)cn2)c1. The largest absolute Gasteiger partial charge is 0.366 e. The van der Waals surface area contributed by atoms with Crippen LogP contribution in [0.1, 0.15) is 11.1 Å². The molecule has 0 aliphatic carbocycles. The van der Waals surface area contributed by atoms with E-state index in [4.69, 9.17) is 5.73 Å². The highest BCUT2D eigenvalue weighted by Gasteiger charge is 2.02. The minimum atomic E-state index is 0.555. The van der Waals surface area contributed by atoms with Gasteiger partial charge in [0.2, 0.25) is 0 Å². The van der Waals surface area contributed by atoms with Gasteiger partial charge in [-0.1, -0.05) is 54.6 Å². The lowest BCUT2D eigenvalue weighted by Gasteiger charge is -2.08. The Morgan fingerprint density at radius 3 is 2.21 bits per heavy atom. The first-order chi connectivity index (χ1) is 13.8. The van der Waals surface area contributed by atoms with Gasteiger partial charge in [0, 0.05) is 36.6 Å². The summed E-state index contributed by atoms with van der Waals surface area (Å²) in [5.74, 6) is 0.854. The minimum absolute atomic E-state index is 0.555. The van der Waals surface area contributed by atoms with Gasteiger partial charge in [-0.2, -0.15) is 0 Å². The molecule has 2 aromatic heterocycles. The number of pyridine rings is 2. The Labute approximate surface area is 165 Å². The van der Waals surface area contributed by atoms with Gasteiger partial charge < -0.3 is 11.1 Å². The standard InChI is InChI=1S/C24H22N4/c25-15-18-4-3-5-19(14-18)16-27-24-12-11-22(17-28-24)20-7-9-21(10-8-20)23-6-1-2-13-26-23/h1-14,17H,15-16,25H2,(H,27,28). The zero-order valence-corrected chi connectivity index (χ0v) is 15.5. The molecule has 4 rings (SSSR count). The van der Waals surface area contributed by atoms with Crippen molar-refractivity contribution < 1.29 is 0 Å².